The minimum absolute atomic E-state index is 0. The number of rotatable bonds is 17. The van der Waals surface area contributed by atoms with Crippen LogP contribution < -0.4 is 11.1 Å². The first-order valence-corrected chi connectivity index (χ1v) is 21.1. The fourth-order valence-electron chi connectivity index (χ4n) is 4.53. The number of alkyl carbamates (subject to hydrolysis) is 1. The van der Waals surface area contributed by atoms with E-state index in [1.165, 1.54) is 25.2 Å². The van der Waals surface area contributed by atoms with Crippen molar-refractivity contribution in [3.8, 4) is 0 Å². The second-order valence-electron chi connectivity index (χ2n) is 12.4. The molecule has 0 unspecified atom stereocenters. The number of thiophene rings is 2. The van der Waals surface area contributed by atoms with Crippen molar-refractivity contribution >= 4 is 98.6 Å². The molecule has 1 amide bonds. The van der Waals surface area contributed by atoms with Gasteiger partial charge < -0.3 is 15.8 Å². The number of carbonyl (C=O) groups is 3. The molecule has 0 aliphatic rings. The number of amides is 1. The highest BCUT2D eigenvalue weighted by Gasteiger charge is 2.16. The second kappa shape index (κ2) is 26.0. The van der Waals surface area contributed by atoms with Gasteiger partial charge in [-0.25, -0.2) is 14.8 Å². The molecular formula is C36H51Cl3N4O4S4. The molecule has 0 aromatic carbocycles. The summed E-state index contributed by atoms with van der Waals surface area (Å²) in [7, 11) is 0. The summed E-state index contributed by atoms with van der Waals surface area (Å²) in [5.41, 5.74) is 7.10. The quantitative estimate of drug-likeness (QED) is 0.102. The Morgan fingerprint density at radius 3 is 1.53 bits per heavy atom. The summed E-state index contributed by atoms with van der Waals surface area (Å²) in [6, 6.07) is 8.70. The summed E-state index contributed by atoms with van der Waals surface area (Å²) in [4.78, 5) is 49.0. The van der Waals surface area contributed by atoms with Crippen LogP contribution in [0.15, 0.2) is 35.0 Å². The summed E-state index contributed by atoms with van der Waals surface area (Å²) in [6.45, 7) is 9.65. The van der Waals surface area contributed by atoms with Gasteiger partial charge in [-0.05, 0) is 110 Å². The van der Waals surface area contributed by atoms with E-state index in [0.717, 1.165) is 67.1 Å². The molecular weight excluding hydrogens is 787 g/mol. The lowest BCUT2D eigenvalue weighted by Gasteiger charge is -2.19. The number of nitrogens with one attached hydrogen (secondary N) is 1. The van der Waals surface area contributed by atoms with Crippen LogP contribution in [-0.2, 0) is 52.9 Å². The maximum atomic E-state index is 11.9. The highest BCUT2D eigenvalue weighted by molar-refractivity contribution is 7.12. The number of hydrogen-bond donors (Lipinski definition) is 2. The molecule has 0 bridgehead atoms. The molecule has 0 spiro atoms. The SMILES string of the molecule is Cc1nc(CCc2ccc(CCCC(=O)CN)s2)cs1.Cc1nc(CCc2ccc(CCCC(=O)CNC(=O)OC(C)(C)C)s2)cs1.Cl.ClCCl. The fourth-order valence-corrected chi connectivity index (χ4v) is 7.94. The summed E-state index contributed by atoms with van der Waals surface area (Å²) in [5.74, 6) is 0.178. The monoisotopic (exact) mass is 836 g/mol. The van der Waals surface area contributed by atoms with Gasteiger partial charge in [0, 0.05) is 43.1 Å². The number of hydrogen-bond acceptors (Lipinski definition) is 11. The van der Waals surface area contributed by atoms with Crippen molar-refractivity contribution < 1.29 is 19.1 Å². The zero-order valence-corrected chi connectivity index (χ0v) is 35.7. The third kappa shape index (κ3) is 22.0. The molecule has 51 heavy (non-hydrogen) atoms. The van der Waals surface area contributed by atoms with Crippen molar-refractivity contribution in [2.45, 2.75) is 104 Å². The predicted molar refractivity (Wildman–Crippen MR) is 220 cm³/mol. The normalized spacial score (nSPS) is 10.7. The lowest BCUT2D eigenvalue weighted by atomic mass is 10.1. The van der Waals surface area contributed by atoms with Crippen molar-refractivity contribution in [1.82, 2.24) is 15.3 Å². The highest BCUT2D eigenvalue weighted by atomic mass is 35.5. The third-order valence-electron chi connectivity index (χ3n) is 6.84. The minimum atomic E-state index is -0.553. The molecule has 15 heteroatoms. The third-order valence-corrected chi connectivity index (χ3v) is 10.9. The van der Waals surface area contributed by atoms with Gasteiger partial charge in [-0.1, -0.05) is 0 Å². The number of nitrogens with two attached hydrogens (primary N) is 1. The molecule has 0 aliphatic carbocycles. The number of aromatic nitrogens is 2. The molecule has 0 saturated carbocycles. The summed E-state index contributed by atoms with van der Waals surface area (Å²) in [5, 5.41) is 9.22. The van der Waals surface area contributed by atoms with Gasteiger partial charge in [-0.15, -0.1) is 81.0 Å². The van der Waals surface area contributed by atoms with E-state index in [4.69, 9.17) is 33.7 Å². The van der Waals surface area contributed by atoms with E-state index in [0.29, 0.717) is 12.8 Å². The van der Waals surface area contributed by atoms with Crippen LogP contribution >= 0.6 is 81.0 Å². The highest BCUT2D eigenvalue weighted by Crippen LogP contribution is 2.22. The maximum absolute atomic E-state index is 11.9. The van der Waals surface area contributed by atoms with Crippen molar-refractivity contribution in [2.24, 2.45) is 5.73 Å². The molecule has 284 valence electrons. The standard InChI is InChI=1S/C20H28N2O3S2.C15H20N2OS2.CH2Cl2.ClH/c1-14-22-15(13-26-14)8-9-18-11-10-17(27-18)7-5-6-16(23)12-21-19(24)25-20(2,3)4;1-11-17-12(10-19-11)5-6-15-8-7-14(20-15)4-2-3-13(18)9-16;2-1-3;/h10-11,13H,5-9,12H2,1-4H3,(H,21,24);7-8,10H,2-6,9,16H2,1H3;1H2;1H. The van der Waals surface area contributed by atoms with Gasteiger partial charge in [0.25, 0.3) is 0 Å². The molecule has 4 heterocycles. The van der Waals surface area contributed by atoms with Gasteiger partial charge in [0.05, 0.1) is 39.8 Å². The maximum Gasteiger partial charge on any atom is 0.408 e. The molecule has 0 atom stereocenters. The van der Waals surface area contributed by atoms with E-state index >= 15 is 0 Å². The molecule has 4 rings (SSSR count). The number of ether oxygens (including phenoxy) is 1. The number of carbonyl (C=O) groups excluding carboxylic acids is 3. The van der Waals surface area contributed by atoms with Gasteiger partial charge in [0.15, 0.2) is 5.78 Å². The number of Topliss-reactive ketones (excluding diaryl/α,β-unsaturated/α-hetero) is 2. The zero-order chi connectivity index (χ0) is 36.9. The van der Waals surface area contributed by atoms with E-state index in [-0.39, 0.29) is 42.4 Å². The number of alkyl halides is 2. The van der Waals surface area contributed by atoms with Crippen molar-refractivity contribution in [3.05, 3.63) is 75.9 Å². The first-order chi connectivity index (χ1) is 23.8. The molecule has 0 radical (unpaired) electrons. The topological polar surface area (TPSA) is 124 Å². The Labute approximate surface area is 335 Å². The van der Waals surface area contributed by atoms with Gasteiger partial charge in [-0.2, -0.15) is 0 Å². The Bertz CT molecular complexity index is 1580. The first-order valence-electron chi connectivity index (χ1n) is 16.6. The average molecular weight is 838 g/mol. The largest absolute Gasteiger partial charge is 0.444 e. The number of halogens is 3. The lowest BCUT2D eigenvalue weighted by molar-refractivity contribution is -0.118. The second-order valence-corrected chi connectivity index (χ2v) is 17.8. The van der Waals surface area contributed by atoms with Crippen LogP contribution in [-0.4, -0.2) is 51.7 Å². The van der Waals surface area contributed by atoms with Gasteiger partial charge in [-0.3, -0.25) is 9.59 Å². The number of aryl methyl sites for hydroxylation is 8. The fraction of sp³-hybridized carbons (Fsp3) is 0.528. The Morgan fingerprint density at radius 2 is 1.16 bits per heavy atom. The molecule has 0 aliphatic heterocycles. The molecule has 0 fully saturated rings. The molecule has 3 N–H and O–H groups in total. The van der Waals surface area contributed by atoms with Crippen molar-refractivity contribution in [3.63, 3.8) is 0 Å². The van der Waals surface area contributed by atoms with E-state index < -0.39 is 11.7 Å². The Hall–Kier alpha value is -1.90. The van der Waals surface area contributed by atoms with Crippen LogP contribution in [0.5, 0.6) is 0 Å². The van der Waals surface area contributed by atoms with Gasteiger partial charge in [0.2, 0.25) is 0 Å². The van der Waals surface area contributed by atoms with E-state index in [9.17, 15) is 14.4 Å². The van der Waals surface area contributed by atoms with Crippen LogP contribution in [0.3, 0.4) is 0 Å². The van der Waals surface area contributed by atoms with Crippen LogP contribution in [0.1, 0.15) is 87.4 Å². The first kappa shape index (κ1) is 47.1. The van der Waals surface area contributed by atoms with Gasteiger partial charge in [0.1, 0.15) is 11.4 Å². The van der Waals surface area contributed by atoms with E-state index in [1.54, 1.807) is 43.4 Å². The average Bonchev–Trinajstić information content (AvgIpc) is 3.87. The van der Waals surface area contributed by atoms with Gasteiger partial charge >= 0.3 is 6.09 Å². The predicted octanol–water partition coefficient (Wildman–Crippen LogP) is 9.71. The van der Waals surface area contributed by atoms with Crippen molar-refractivity contribution in [2.75, 3.05) is 18.4 Å². The summed E-state index contributed by atoms with van der Waals surface area (Å²) >= 11 is 16.6. The molecule has 4 aromatic heterocycles. The molecule has 8 nitrogen and oxygen atoms in total. The Kier molecular flexibility index (Phi) is 24.0. The molecule has 0 saturated heterocycles. The summed E-state index contributed by atoms with van der Waals surface area (Å²) in [6.07, 6.45) is 8.11. The number of ketones is 2. The Balaban J connectivity index is 0.000000481. The zero-order valence-electron chi connectivity index (χ0n) is 30.1. The Morgan fingerprint density at radius 1 is 0.745 bits per heavy atom. The molecule has 4 aromatic rings. The lowest BCUT2D eigenvalue weighted by Crippen LogP contribution is -2.35. The van der Waals surface area contributed by atoms with Crippen LogP contribution in [0, 0.1) is 13.8 Å². The smallest absolute Gasteiger partial charge is 0.408 e. The minimum Gasteiger partial charge on any atom is -0.444 e. The van der Waals surface area contributed by atoms with Crippen LogP contribution in [0.25, 0.3) is 0 Å². The van der Waals surface area contributed by atoms with E-state index in [2.05, 4.69) is 50.3 Å². The number of nitrogens with zero attached hydrogens (tertiary/aromatic N) is 2. The van der Waals surface area contributed by atoms with E-state index in [1.807, 2.05) is 36.5 Å². The number of thiazole rings is 2. The van der Waals surface area contributed by atoms with Crippen molar-refractivity contribution in [1.29, 1.82) is 0 Å². The van der Waals surface area contributed by atoms with Crippen LogP contribution in [0.2, 0.25) is 0 Å². The summed E-state index contributed by atoms with van der Waals surface area (Å²) < 4.78 is 5.12. The van der Waals surface area contributed by atoms with Crippen LogP contribution in [0.4, 0.5) is 4.79 Å².